The lowest BCUT2D eigenvalue weighted by Gasteiger charge is -2.00. The Morgan fingerprint density at radius 1 is 1.27 bits per heavy atom. The van der Waals surface area contributed by atoms with E-state index in [2.05, 4.69) is 26.0 Å². The van der Waals surface area contributed by atoms with Gasteiger partial charge in [0.05, 0.1) is 17.9 Å². The molecule has 2 N–H and O–H groups in total. The molecule has 0 aliphatic carbocycles. The lowest BCUT2D eigenvalue weighted by molar-refractivity contribution is 0.659. The highest BCUT2D eigenvalue weighted by Crippen LogP contribution is 2.08. The fraction of sp³-hybridized carbons (Fsp3) is 0.200. The fourth-order valence-corrected chi connectivity index (χ4v) is 1.50. The maximum Gasteiger partial charge on any atom is 0.0831 e. The molecule has 0 amide bonds. The molecule has 0 aromatic carbocycles. The third-order valence-electron chi connectivity index (χ3n) is 2.02. The minimum atomic E-state index is 0.473. The summed E-state index contributed by atoms with van der Waals surface area (Å²) in [7, 11) is 0. The molecular formula is C10H11BrN4. The summed E-state index contributed by atoms with van der Waals surface area (Å²) in [6.45, 7) is 1.15. The molecule has 0 aliphatic rings. The van der Waals surface area contributed by atoms with E-state index in [0.29, 0.717) is 13.1 Å². The van der Waals surface area contributed by atoms with Crippen LogP contribution in [-0.2, 0) is 13.1 Å². The van der Waals surface area contributed by atoms with Gasteiger partial charge in [-0.1, -0.05) is 0 Å². The van der Waals surface area contributed by atoms with Crippen molar-refractivity contribution in [3.63, 3.8) is 0 Å². The summed E-state index contributed by atoms with van der Waals surface area (Å²) in [6, 6.07) is 5.85. The van der Waals surface area contributed by atoms with Crippen LogP contribution in [-0.4, -0.2) is 14.8 Å². The van der Waals surface area contributed by atoms with E-state index in [9.17, 15) is 0 Å². The average Bonchev–Trinajstić information content (AvgIpc) is 2.69. The second-order valence-corrected chi connectivity index (χ2v) is 4.09. The van der Waals surface area contributed by atoms with Crippen molar-refractivity contribution in [1.82, 2.24) is 14.8 Å². The van der Waals surface area contributed by atoms with E-state index in [4.69, 9.17) is 5.73 Å². The fourth-order valence-electron chi connectivity index (χ4n) is 1.27. The first-order valence-electron chi connectivity index (χ1n) is 4.61. The molecule has 5 heteroatoms. The molecule has 0 saturated carbocycles. The molecule has 0 radical (unpaired) electrons. The smallest absolute Gasteiger partial charge is 0.0831 e. The van der Waals surface area contributed by atoms with Crippen LogP contribution in [0.4, 0.5) is 0 Å². The zero-order valence-electron chi connectivity index (χ0n) is 8.10. The van der Waals surface area contributed by atoms with Crippen LogP contribution >= 0.6 is 15.9 Å². The topological polar surface area (TPSA) is 56.7 Å². The summed E-state index contributed by atoms with van der Waals surface area (Å²) in [5.74, 6) is 0. The van der Waals surface area contributed by atoms with Crippen molar-refractivity contribution >= 4 is 15.9 Å². The molecule has 0 spiro atoms. The van der Waals surface area contributed by atoms with Gasteiger partial charge in [-0.05, 0) is 34.1 Å². The Bertz CT molecular complexity index is 435. The quantitative estimate of drug-likeness (QED) is 0.917. The van der Waals surface area contributed by atoms with Gasteiger partial charge >= 0.3 is 0 Å². The molecule has 2 aromatic heterocycles. The van der Waals surface area contributed by atoms with Crippen LogP contribution < -0.4 is 5.73 Å². The zero-order chi connectivity index (χ0) is 10.7. The van der Waals surface area contributed by atoms with Crippen molar-refractivity contribution in [2.24, 2.45) is 5.73 Å². The second-order valence-electron chi connectivity index (χ2n) is 3.18. The van der Waals surface area contributed by atoms with Crippen LogP contribution in [0, 0.1) is 0 Å². The van der Waals surface area contributed by atoms with Crippen LogP contribution in [0.25, 0.3) is 0 Å². The summed E-state index contributed by atoms with van der Waals surface area (Å²) < 4.78 is 2.81. The molecule has 0 saturated heterocycles. The minimum absolute atomic E-state index is 0.473. The molecule has 2 heterocycles. The van der Waals surface area contributed by atoms with Crippen molar-refractivity contribution in [1.29, 1.82) is 0 Å². The van der Waals surface area contributed by atoms with Gasteiger partial charge in [-0.3, -0.25) is 9.67 Å². The number of aromatic nitrogens is 3. The van der Waals surface area contributed by atoms with E-state index < -0.39 is 0 Å². The number of nitrogens with two attached hydrogens (primary N) is 1. The van der Waals surface area contributed by atoms with E-state index in [1.54, 1.807) is 6.20 Å². The molecule has 0 aliphatic heterocycles. The highest BCUT2D eigenvalue weighted by Gasteiger charge is 1.99. The van der Waals surface area contributed by atoms with Gasteiger partial charge in [-0.15, -0.1) is 0 Å². The Kier molecular flexibility index (Phi) is 3.13. The van der Waals surface area contributed by atoms with Gasteiger partial charge in [0.25, 0.3) is 0 Å². The second kappa shape index (κ2) is 4.55. The van der Waals surface area contributed by atoms with Crippen LogP contribution in [0.1, 0.15) is 11.4 Å². The van der Waals surface area contributed by atoms with E-state index in [0.717, 1.165) is 15.9 Å². The summed E-state index contributed by atoms with van der Waals surface area (Å²) in [4.78, 5) is 4.27. The number of rotatable bonds is 3. The van der Waals surface area contributed by atoms with E-state index in [1.165, 1.54) is 0 Å². The molecular weight excluding hydrogens is 256 g/mol. The summed E-state index contributed by atoms with van der Waals surface area (Å²) in [6.07, 6.45) is 3.69. The minimum Gasteiger partial charge on any atom is -0.325 e. The van der Waals surface area contributed by atoms with Crippen molar-refractivity contribution in [2.45, 2.75) is 13.1 Å². The van der Waals surface area contributed by atoms with Crippen molar-refractivity contribution in [3.05, 3.63) is 46.5 Å². The van der Waals surface area contributed by atoms with Crippen LogP contribution in [0.5, 0.6) is 0 Å². The third-order valence-corrected chi connectivity index (χ3v) is 2.49. The highest BCUT2D eigenvalue weighted by molar-refractivity contribution is 9.10. The van der Waals surface area contributed by atoms with Crippen LogP contribution in [0.2, 0.25) is 0 Å². The molecule has 2 aromatic rings. The highest BCUT2D eigenvalue weighted by atomic mass is 79.9. The van der Waals surface area contributed by atoms with Gasteiger partial charge < -0.3 is 5.73 Å². The number of hydrogen-bond donors (Lipinski definition) is 1. The lowest BCUT2D eigenvalue weighted by Crippen LogP contribution is -2.04. The first kappa shape index (κ1) is 10.3. The zero-order valence-corrected chi connectivity index (χ0v) is 9.68. The summed E-state index contributed by atoms with van der Waals surface area (Å²) in [5, 5.41) is 4.29. The Labute approximate surface area is 96.3 Å². The standard InChI is InChI=1S/C10H11BrN4/c11-8-1-2-10(13-6-8)7-15-4-3-9(5-12)14-15/h1-4,6H,5,7,12H2. The lowest BCUT2D eigenvalue weighted by atomic mass is 10.3. The predicted octanol–water partition coefficient (Wildman–Crippen LogP) is 1.55. The average molecular weight is 267 g/mol. The molecule has 4 nitrogen and oxygen atoms in total. The van der Waals surface area contributed by atoms with Gasteiger partial charge in [0.1, 0.15) is 0 Å². The number of hydrogen-bond acceptors (Lipinski definition) is 3. The van der Waals surface area contributed by atoms with E-state index >= 15 is 0 Å². The third kappa shape index (κ3) is 2.64. The van der Waals surface area contributed by atoms with Gasteiger partial charge in [-0.2, -0.15) is 5.10 Å². The molecule has 0 bridgehead atoms. The predicted molar refractivity (Wildman–Crippen MR) is 61.2 cm³/mol. The molecule has 2 rings (SSSR count). The molecule has 0 unspecified atom stereocenters. The van der Waals surface area contributed by atoms with Gasteiger partial charge in [0, 0.05) is 23.4 Å². The monoisotopic (exact) mass is 266 g/mol. The number of pyridine rings is 1. The Morgan fingerprint density at radius 2 is 2.13 bits per heavy atom. The largest absolute Gasteiger partial charge is 0.325 e. The number of nitrogens with zero attached hydrogens (tertiary/aromatic N) is 3. The van der Waals surface area contributed by atoms with Crippen LogP contribution in [0.3, 0.4) is 0 Å². The molecule has 0 fully saturated rings. The first-order valence-corrected chi connectivity index (χ1v) is 5.40. The summed E-state index contributed by atoms with van der Waals surface area (Å²) >= 11 is 3.34. The van der Waals surface area contributed by atoms with Crippen molar-refractivity contribution in [2.75, 3.05) is 0 Å². The van der Waals surface area contributed by atoms with Crippen LogP contribution in [0.15, 0.2) is 35.1 Å². The summed E-state index contributed by atoms with van der Waals surface area (Å²) in [5.41, 5.74) is 7.35. The molecule has 78 valence electrons. The van der Waals surface area contributed by atoms with E-state index in [-0.39, 0.29) is 0 Å². The van der Waals surface area contributed by atoms with Crippen molar-refractivity contribution in [3.8, 4) is 0 Å². The molecule has 15 heavy (non-hydrogen) atoms. The van der Waals surface area contributed by atoms with Gasteiger partial charge in [0.2, 0.25) is 0 Å². The molecule has 0 atom stereocenters. The van der Waals surface area contributed by atoms with Gasteiger partial charge in [0.15, 0.2) is 0 Å². The maximum atomic E-state index is 5.48. The Morgan fingerprint density at radius 3 is 2.73 bits per heavy atom. The van der Waals surface area contributed by atoms with E-state index in [1.807, 2.05) is 29.1 Å². The number of halogens is 1. The Hall–Kier alpha value is -1.20. The maximum absolute atomic E-state index is 5.48. The SMILES string of the molecule is NCc1ccn(Cc2ccc(Br)cn2)n1. The first-order chi connectivity index (χ1) is 7.28. The Balaban J connectivity index is 2.11. The van der Waals surface area contributed by atoms with Crippen molar-refractivity contribution < 1.29 is 0 Å². The van der Waals surface area contributed by atoms with Gasteiger partial charge in [-0.25, -0.2) is 0 Å². The normalized spacial score (nSPS) is 10.5.